The number of pyridine rings is 1. The minimum Gasteiger partial charge on any atom is -0.481 e. The first-order valence-corrected chi connectivity index (χ1v) is 6.26. The summed E-state index contributed by atoms with van der Waals surface area (Å²) in [6.45, 7) is 0.916. The standard InChI is InChI=1S/C13H16N2O5/c1-14-3-2-9(6-11(14)16)13(19)15-4-5-20-10(8-15)7-12(17)18/h2-3,6,10H,4-5,7-8H2,1H3,(H,17,18). The lowest BCUT2D eigenvalue weighted by Gasteiger charge is -2.32. The smallest absolute Gasteiger partial charge is 0.306 e. The van der Waals surface area contributed by atoms with Gasteiger partial charge in [0.15, 0.2) is 0 Å². The van der Waals surface area contributed by atoms with Crippen LogP contribution in [0.4, 0.5) is 0 Å². The third-order valence-electron chi connectivity index (χ3n) is 3.18. The molecule has 1 unspecified atom stereocenters. The minimum atomic E-state index is -0.960. The molecule has 1 aromatic heterocycles. The van der Waals surface area contributed by atoms with Crippen LogP contribution in [0.15, 0.2) is 23.1 Å². The van der Waals surface area contributed by atoms with Gasteiger partial charge in [0.1, 0.15) is 0 Å². The summed E-state index contributed by atoms with van der Waals surface area (Å²) < 4.78 is 6.69. The van der Waals surface area contributed by atoms with Crippen molar-refractivity contribution in [3.63, 3.8) is 0 Å². The normalized spacial score (nSPS) is 18.9. The maximum Gasteiger partial charge on any atom is 0.306 e. The van der Waals surface area contributed by atoms with Gasteiger partial charge in [-0.25, -0.2) is 0 Å². The van der Waals surface area contributed by atoms with Crippen LogP contribution in [0.25, 0.3) is 0 Å². The van der Waals surface area contributed by atoms with Gasteiger partial charge >= 0.3 is 5.97 Å². The van der Waals surface area contributed by atoms with E-state index in [0.717, 1.165) is 0 Å². The van der Waals surface area contributed by atoms with Crippen LogP contribution in [0, 0.1) is 0 Å². The maximum absolute atomic E-state index is 12.3. The van der Waals surface area contributed by atoms with Gasteiger partial charge in [-0.3, -0.25) is 14.4 Å². The number of rotatable bonds is 3. The highest BCUT2D eigenvalue weighted by atomic mass is 16.5. The molecule has 1 amide bonds. The van der Waals surface area contributed by atoms with Gasteiger partial charge in [-0.05, 0) is 6.07 Å². The highest BCUT2D eigenvalue weighted by molar-refractivity contribution is 5.94. The fourth-order valence-electron chi connectivity index (χ4n) is 2.09. The molecule has 1 fully saturated rings. The van der Waals surface area contributed by atoms with Crippen molar-refractivity contribution in [1.29, 1.82) is 0 Å². The van der Waals surface area contributed by atoms with Crippen LogP contribution in [0.1, 0.15) is 16.8 Å². The monoisotopic (exact) mass is 280 g/mol. The number of nitrogens with zero attached hydrogens (tertiary/aromatic N) is 2. The Morgan fingerprint density at radius 2 is 2.25 bits per heavy atom. The summed E-state index contributed by atoms with van der Waals surface area (Å²) in [6.07, 6.45) is 0.891. The topological polar surface area (TPSA) is 88.8 Å². The van der Waals surface area contributed by atoms with Gasteiger partial charge in [0, 0.05) is 38.0 Å². The first-order valence-electron chi connectivity index (χ1n) is 6.26. The predicted octanol–water partition coefficient (Wildman–Crippen LogP) is -0.299. The second-order valence-corrected chi connectivity index (χ2v) is 4.71. The van der Waals surface area contributed by atoms with Gasteiger partial charge < -0.3 is 19.3 Å². The van der Waals surface area contributed by atoms with Crippen LogP contribution in [0.5, 0.6) is 0 Å². The lowest BCUT2D eigenvalue weighted by atomic mass is 10.1. The van der Waals surface area contributed by atoms with E-state index in [1.807, 2.05) is 0 Å². The number of carboxylic acids is 1. The molecule has 0 saturated carbocycles. The van der Waals surface area contributed by atoms with Crippen LogP contribution in [-0.4, -0.2) is 52.3 Å². The van der Waals surface area contributed by atoms with E-state index in [1.165, 1.54) is 21.7 Å². The number of ether oxygens (including phenoxy) is 1. The Hall–Kier alpha value is -2.15. The number of carbonyl (C=O) groups is 2. The summed E-state index contributed by atoms with van der Waals surface area (Å²) in [5.74, 6) is -1.24. The lowest BCUT2D eigenvalue weighted by Crippen LogP contribution is -2.46. The Morgan fingerprint density at radius 3 is 2.90 bits per heavy atom. The van der Waals surface area contributed by atoms with Gasteiger partial charge in [-0.1, -0.05) is 0 Å². The molecule has 1 saturated heterocycles. The first kappa shape index (κ1) is 14.3. The largest absolute Gasteiger partial charge is 0.481 e. The van der Waals surface area contributed by atoms with Gasteiger partial charge in [-0.2, -0.15) is 0 Å². The van der Waals surface area contributed by atoms with Crippen molar-refractivity contribution in [2.24, 2.45) is 7.05 Å². The van der Waals surface area contributed by atoms with Gasteiger partial charge in [0.2, 0.25) is 0 Å². The van der Waals surface area contributed by atoms with E-state index in [0.29, 0.717) is 18.7 Å². The molecule has 1 aliphatic heterocycles. The molecule has 1 aromatic rings. The van der Waals surface area contributed by atoms with E-state index in [2.05, 4.69) is 0 Å². The summed E-state index contributed by atoms with van der Waals surface area (Å²) >= 11 is 0. The van der Waals surface area contributed by atoms with E-state index in [-0.39, 0.29) is 24.4 Å². The van der Waals surface area contributed by atoms with E-state index in [1.54, 1.807) is 13.1 Å². The molecule has 0 radical (unpaired) electrons. The zero-order chi connectivity index (χ0) is 14.7. The Labute approximate surface area is 115 Å². The number of amides is 1. The lowest BCUT2D eigenvalue weighted by molar-refractivity contribution is -0.141. The third-order valence-corrected chi connectivity index (χ3v) is 3.18. The Balaban J connectivity index is 2.10. The summed E-state index contributed by atoms with van der Waals surface area (Å²) in [6, 6.07) is 2.86. The van der Waals surface area contributed by atoms with Gasteiger partial charge in [0.05, 0.1) is 19.1 Å². The number of carboxylic acid groups (broad SMARTS) is 1. The fourth-order valence-corrected chi connectivity index (χ4v) is 2.09. The Morgan fingerprint density at radius 1 is 1.50 bits per heavy atom. The predicted molar refractivity (Wildman–Crippen MR) is 69.6 cm³/mol. The molecule has 1 aliphatic rings. The number of hydrogen-bond acceptors (Lipinski definition) is 4. The molecular weight excluding hydrogens is 264 g/mol. The molecule has 7 nitrogen and oxygen atoms in total. The summed E-state index contributed by atoms with van der Waals surface area (Å²) in [5.41, 5.74) is 0.0512. The first-order chi connectivity index (χ1) is 9.47. The zero-order valence-corrected chi connectivity index (χ0v) is 11.1. The molecule has 1 N–H and O–H groups in total. The van der Waals surface area contributed by atoms with E-state index in [9.17, 15) is 14.4 Å². The molecule has 2 heterocycles. The number of aliphatic carboxylic acids is 1. The molecule has 0 spiro atoms. The molecule has 0 bridgehead atoms. The molecule has 0 aromatic carbocycles. The van der Waals surface area contributed by atoms with Crippen molar-refractivity contribution in [3.8, 4) is 0 Å². The molecule has 1 atom stereocenters. The molecule has 0 aliphatic carbocycles. The van der Waals surface area contributed by atoms with Crippen LogP contribution < -0.4 is 5.56 Å². The maximum atomic E-state index is 12.3. The van der Waals surface area contributed by atoms with Crippen LogP contribution in [0.3, 0.4) is 0 Å². The molecular formula is C13H16N2O5. The van der Waals surface area contributed by atoms with Crippen molar-refractivity contribution < 1.29 is 19.4 Å². The summed E-state index contributed by atoms with van der Waals surface area (Å²) in [5, 5.41) is 8.75. The highest BCUT2D eigenvalue weighted by Gasteiger charge is 2.26. The summed E-state index contributed by atoms with van der Waals surface area (Å²) in [4.78, 5) is 36.0. The molecule has 7 heteroatoms. The zero-order valence-electron chi connectivity index (χ0n) is 11.1. The van der Waals surface area contributed by atoms with Crippen LogP contribution in [-0.2, 0) is 16.6 Å². The minimum absolute atomic E-state index is 0.139. The van der Waals surface area contributed by atoms with Crippen molar-refractivity contribution >= 4 is 11.9 Å². The number of hydrogen-bond donors (Lipinski definition) is 1. The van der Waals surface area contributed by atoms with Crippen molar-refractivity contribution in [1.82, 2.24) is 9.47 Å². The van der Waals surface area contributed by atoms with Crippen LogP contribution >= 0.6 is 0 Å². The van der Waals surface area contributed by atoms with Gasteiger partial charge in [-0.15, -0.1) is 0 Å². The molecule has 108 valence electrons. The number of aryl methyl sites for hydroxylation is 1. The van der Waals surface area contributed by atoms with E-state index >= 15 is 0 Å². The quantitative estimate of drug-likeness (QED) is 0.821. The van der Waals surface area contributed by atoms with Gasteiger partial charge in [0.25, 0.3) is 11.5 Å². The Kier molecular flexibility index (Phi) is 4.19. The van der Waals surface area contributed by atoms with Crippen molar-refractivity contribution in [2.45, 2.75) is 12.5 Å². The highest BCUT2D eigenvalue weighted by Crippen LogP contribution is 2.12. The molecule has 2 rings (SSSR count). The number of carbonyl (C=O) groups excluding carboxylic acids is 1. The average Bonchev–Trinajstić information content (AvgIpc) is 2.40. The summed E-state index contributed by atoms with van der Waals surface area (Å²) in [7, 11) is 1.61. The Bertz CT molecular complexity index is 580. The second-order valence-electron chi connectivity index (χ2n) is 4.71. The molecule has 20 heavy (non-hydrogen) atoms. The SMILES string of the molecule is Cn1ccc(C(=O)N2CCOC(CC(=O)O)C2)cc1=O. The average molecular weight is 280 g/mol. The second kappa shape index (κ2) is 5.87. The number of aromatic nitrogens is 1. The number of morpholine rings is 1. The fraction of sp³-hybridized carbons (Fsp3) is 0.462. The van der Waals surface area contributed by atoms with Crippen LogP contribution in [0.2, 0.25) is 0 Å². The third kappa shape index (κ3) is 3.24. The van der Waals surface area contributed by atoms with E-state index in [4.69, 9.17) is 9.84 Å². The van der Waals surface area contributed by atoms with E-state index < -0.39 is 12.1 Å². The van der Waals surface area contributed by atoms with Crippen molar-refractivity contribution in [2.75, 3.05) is 19.7 Å². The van der Waals surface area contributed by atoms with Crippen molar-refractivity contribution in [3.05, 3.63) is 34.2 Å².